The van der Waals surface area contributed by atoms with E-state index in [9.17, 15) is 23.2 Å². The highest BCUT2D eigenvalue weighted by Gasteiger charge is 2.19. The van der Waals surface area contributed by atoms with Crippen LogP contribution in [-0.4, -0.2) is 54.9 Å². The molecule has 0 N–H and O–H groups in total. The van der Waals surface area contributed by atoms with Gasteiger partial charge >= 0.3 is 0 Å². The fourth-order valence-corrected chi connectivity index (χ4v) is 3.12. The quantitative estimate of drug-likeness (QED) is 0.316. The maximum absolute atomic E-state index is 13.1. The Balaban J connectivity index is 0.000000160. The van der Waals surface area contributed by atoms with Crippen LogP contribution in [-0.2, 0) is 27.4 Å². The Hall–Kier alpha value is -3.97. The number of rotatable bonds is 4. The lowest BCUT2D eigenvalue weighted by atomic mass is 10.4. The maximum atomic E-state index is 13.1. The Morgan fingerprint density at radius 2 is 1.39 bits per heavy atom. The Morgan fingerprint density at radius 1 is 0.879 bits per heavy atom. The molecule has 1 saturated heterocycles. The second-order valence-electron chi connectivity index (χ2n) is 6.71. The van der Waals surface area contributed by atoms with Crippen LogP contribution in [0.4, 0.5) is 8.78 Å². The number of fused-ring (bicyclic) bond motifs is 2. The molecule has 13 heteroatoms. The lowest BCUT2D eigenvalue weighted by Crippen LogP contribution is -2.28. The number of pyridine rings is 2. The summed E-state index contributed by atoms with van der Waals surface area (Å²) in [5, 5.41) is 0. The molecular weight excluding hydrogens is 442 g/mol. The average molecular weight is 458 g/mol. The number of aldehydes is 1. The van der Waals surface area contributed by atoms with Gasteiger partial charge < -0.3 is 14.3 Å². The van der Waals surface area contributed by atoms with Crippen LogP contribution in [0.5, 0.6) is 0 Å². The second kappa shape index (κ2) is 9.67. The van der Waals surface area contributed by atoms with Gasteiger partial charge in [-0.05, 0) is 24.3 Å². The summed E-state index contributed by atoms with van der Waals surface area (Å²) in [6.45, 7) is 0.997. The average Bonchev–Trinajstić information content (AvgIpc) is 3.32. The van der Waals surface area contributed by atoms with E-state index in [2.05, 4.69) is 19.9 Å². The van der Waals surface area contributed by atoms with Crippen molar-refractivity contribution in [2.24, 2.45) is 0 Å². The molecule has 1 aliphatic heterocycles. The first kappa shape index (κ1) is 22.2. The smallest absolute Gasteiger partial charge is 0.271 e. The molecule has 0 aromatic carbocycles. The Bertz CT molecular complexity index is 1430. The summed E-state index contributed by atoms with van der Waals surface area (Å²) >= 11 is 0. The predicted molar refractivity (Wildman–Crippen MR) is 109 cm³/mol. The van der Waals surface area contributed by atoms with Gasteiger partial charge in [0.2, 0.25) is 11.9 Å². The van der Waals surface area contributed by atoms with Crippen molar-refractivity contribution >= 4 is 28.6 Å². The molecule has 4 aromatic rings. The first-order valence-corrected chi connectivity index (χ1v) is 9.67. The van der Waals surface area contributed by atoms with Crippen molar-refractivity contribution in [3.63, 3.8) is 0 Å². The topological polar surface area (TPSA) is 131 Å². The lowest BCUT2D eigenvalue weighted by molar-refractivity contribution is -0.108. The number of carbonyl (C=O) groups excluding carboxylic acids is 1. The highest BCUT2D eigenvalue weighted by atomic mass is 19.1. The summed E-state index contributed by atoms with van der Waals surface area (Å²) in [5.41, 5.74) is 0.260. The van der Waals surface area contributed by atoms with E-state index in [4.69, 9.17) is 9.47 Å². The number of carbonyl (C=O) groups is 1. The molecule has 0 unspecified atom stereocenters. The van der Waals surface area contributed by atoms with Crippen LogP contribution in [0.15, 0.2) is 46.2 Å². The zero-order chi connectivity index (χ0) is 23.4. The van der Waals surface area contributed by atoms with Crippen LogP contribution in [0.25, 0.3) is 22.3 Å². The third-order valence-electron chi connectivity index (χ3n) is 4.59. The third-order valence-corrected chi connectivity index (χ3v) is 4.59. The summed E-state index contributed by atoms with van der Waals surface area (Å²) in [6.07, 6.45) is 2.30. The van der Waals surface area contributed by atoms with Gasteiger partial charge in [0.25, 0.3) is 11.1 Å². The predicted octanol–water partition coefficient (Wildman–Crippen LogP) is 0.433. The summed E-state index contributed by atoms with van der Waals surface area (Å²) in [7, 11) is 0. The van der Waals surface area contributed by atoms with Gasteiger partial charge in [0.1, 0.15) is 17.3 Å². The number of hydrogen-bond acceptors (Lipinski definition) is 9. The Morgan fingerprint density at radius 3 is 1.94 bits per heavy atom. The number of ether oxygens (including phenoxy) is 2. The van der Waals surface area contributed by atoms with Crippen LogP contribution in [0.3, 0.4) is 0 Å². The fraction of sp³-hybridized carbons (Fsp3) is 0.250. The molecule has 0 bridgehead atoms. The molecule has 0 saturated carbocycles. The monoisotopic (exact) mass is 458 g/mol. The molecule has 0 aliphatic carbocycles. The SMILES string of the molecule is O=CCn1c(=O)cnc2ccc(F)nc21.O=c1cnc2ccc(F)nc2n1CC1OCCO1. The first-order valence-electron chi connectivity index (χ1n) is 9.67. The molecular formula is C20H16F2N6O5. The van der Waals surface area contributed by atoms with Crippen LogP contribution in [0, 0.1) is 11.9 Å². The summed E-state index contributed by atoms with van der Waals surface area (Å²) in [6, 6.07) is 5.22. The van der Waals surface area contributed by atoms with Crippen molar-refractivity contribution in [2.45, 2.75) is 19.4 Å². The molecule has 0 atom stereocenters. The minimum absolute atomic E-state index is 0.0783. The summed E-state index contributed by atoms with van der Waals surface area (Å²) in [4.78, 5) is 48.4. The lowest BCUT2D eigenvalue weighted by Gasteiger charge is -2.12. The number of aromatic nitrogens is 6. The van der Waals surface area contributed by atoms with Crippen molar-refractivity contribution in [1.82, 2.24) is 29.1 Å². The van der Waals surface area contributed by atoms with E-state index >= 15 is 0 Å². The van der Waals surface area contributed by atoms with E-state index < -0.39 is 23.7 Å². The van der Waals surface area contributed by atoms with E-state index in [1.54, 1.807) is 0 Å². The summed E-state index contributed by atoms with van der Waals surface area (Å²) in [5.74, 6) is -1.37. The van der Waals surface area contributed by atoms with Gasteiger partial charge in [0.05, 0.1) is 38.7 Å². The molecule has 5 rings (SSSR count). The van der Waals surface area contributed by atoms with Crippen molar-refractivity contribution in [2.75, 3.05) is 13.2 Å². The van der Waals surface area contributed by atoms with Crippen molar-refractivity contribution in [3.05, 3.63) is 69.3 Å². The van der Waals surface area contributed by atoms with Crippen molar-refractivity contribution in [3.8, 4) is 0 Å². The number of halogens is 2. The largest absolute Gasteiger partial charge is 0.348 e. The zero-order valence-electron chi connectivity index (χ0n) is 16.9. The normalized spacial score (nSPS) is 13.8. The molecule has 5 heterocycles. The molecule has 11 nitrogen and oxygen atoms in total. The van der Waals surface area contributed by atoms with E-state index in [-0.39, 0.29) is 29.9 Å². The summed E-state index contributed by atoms with van der Waals surface area (Å²) < 4.78 is 38.9. The second-order valence-corrected chi connectivity index (χ2v) is 6.71. The van der Waals surface area contributed by atoms with E-state index in [1.807, 2.05) is 0 Å². The van der Waals surface area contributed by atoms with Gasteiger partial charge in [0.15, 0.2) is 17.6 Å². The van der Waals surface area contributed by atoms with Crippen LogP contribution in [0.2, 0.25) is 0 Å². The van der Waals surface area contributed by atoms with E-state index in [0.29, 0.717) is 30.5 Å². The highest BCUT2D eigenvalue weighted by Crippen LogP contribution is 2.11. The van der Waals surface area contributed by atoms with Crippen LogP contribution >= 0.6 is 0 Å². The first-order chi connectivity index (χ1) is 16.0. The molecule has 33 heavy (non-hydrogen) atoms. The number of hydrogen-bond donors (Lipinski definition) is 0. The van der Waals surface area contributed by atoms with Gasteiger partial charge in [0, 0.05) is 0 Å². The van der Waals surface area contributed by atoms with Gasteiger partial charge in [-0.15, -0.1) is 0 Å². The van der Waals surface area contributed by atoms with Crippen LogP contribution < -0.4 is 11.1 Å². The molecule has 1 aliphatic rings. The number of nitrogens with zero attached hydrogens (tertiary/aromatic N) is 6. The van der Waals surface area contributed by atoms with Crippen molar-refractivity contribution in [1.29, 1.82) is 0 Å². The molecule has 4 aromatic heterocycles. The highest BCUT2D eigenvalue weighted by molar-refractivity contribution is 5.70. The van der Waals surface area contributed by atoms with Gasteiger partial charge in [-0.25, -0.2) is 9.97 Å². The van der Waals surface area contributed by atoms with Crippen LogP contribution in [0.1, 0.15) is 0 Å². The Labute approximate surface area is 183 Å². The molecule has 0 radical (unpaired) electrons. The van der Waals surface area contributed by atoms with Gasteiger partial charge in [-0.1, -0.05) is 0 Å². The van der Waals surface area contributed by atoms with E-state index in [0.717, 1.165) is 16.8 Å². The molecule has 170 valence electrons. The van der Waals surface area contributed by atoms with E-state index in [1.165, 1.54) is 29.0 Å². The molecule has 0 spiro atoms. The van der Waals surface area contributed by atoms with Gasteiger partial charge in [-0.3, -0.25) is 18.7 Å². The fourth-order valence-electron chi connectivity index (χ4n) is 3.12. The zero-order valence-corrected chi connectivity index (χ0v) is 16.9. The standard InChI is InChI=1S/C11H10FN3O3.C9H6FN3O2/c12-8-2-1-7-11(14-8)15(9(16)5-13-7)6-10-17-3-4-18-10;10-7-2-1-6-9(12-7)13(3-4-14)8(15)5-11-6/h1-2,5,10H,3-4,6H2;1-2,4-5H,3H2. The maximum Gasteiger partial charge on any atom is 0.271 e. The molecule has 0 amide bonds. The van der Waals surface area contributed by atoms with Gasteiger partial charge in [-0.2, -0.15) is 18.7 Å². The molecule has 1 fully saturated rings. The minimum atomic E-state index is -0.713. The van der Waals surface area contributed by atoms with Crippen molar-refractivity contribution < 1.29 is 23.0 Å². The third kappa shape index (κ3) is 4.94. The Kier molecular flexibility index (Phi) is 6.51. The minimum Gasteiger partial charge on any atom is -0.348 e.